The Labute approximate surface area is 78.8 Å². The van der Waals surface area contributed by atoms with E-state index in [4.69, 9.17) is 10.2 Å². The molecule has 0 saturated heterocycles. The minimum atomic E-state index is -0.657. The van der Waals surface area contributed by atoms with Gasteiger partial charge in [0.1, 0.15) is 0 Å². The van der Waals surface area contributed by atoms with E-state index < -0.39 is 5.97 Å². The van der Waals surface area contributed by atoms with E-state index in [0.29, 0.717) is 11.8 Å². The highest BCUT2D eigenvalue weighted by Gasteiger charge is 2.28. The number of hydrogen-bond acceptors (Lipinski definition) is 2. The largest absolute Gasteiger partial charge is 0.481 e. The minimum Gasteiger partial charge on any atom is -0.481 e. The lowest BCUT2D eigenvalue weighted by Gasteiger charge is -2.29. The quantitative estimate of drug-likeness (QED) is 0.702. The zero-order valence-electron chi connectivity index (χ0n) is 8.07. The van der Waals surface area contributed by atoms with Crippen LogP contribution in [0.25, 0.3) is 0 Å². The number of rotatable bonds is 3. The molecule has 1 atom stereocenters. The van der Waals surface area contributed by atoms with Gasteiger partial charge in [0.15, 0.2) is 0 Å². The van der Waals surface area contributed by atoms with Crippen molar-refractivity contribution < 1.29 is 15.0 Å². The molecule has 0 bridgehead atoms. The van der Waals surface area contributed by atoms with Gasteiger partial charge in [0.2, 0.25) is 0 Å². The van der Waals surface area contributed by atoms with Crippen molar-refractivity contribution >= 4 is 5.97 Å². The van der Waals surface area contributed by atoms with Gasteiger partial charge < -0.3 is 10.2 Å². The molecule has 0 spiro atoms. The van der Waals surface area contributed by atoms with Crippen LogP contribution in [0.3, 0.4) is 0 Å². The van der Waals surface area contributed by atoms with E-state index in [0.717, 1.165) is 25.7 Å². The number of aliphatic hydroxyl groups excluding tert-OH is 1. The number of carbonyl (C=O) groups is 1. The molecule has 3 heteroatoms. The van der Waals surface area contributed by atoms with Crippen molar-refractivity contribution in [3.8, 4) is 0 Å². The van der Waals surface area contributed by atoms with E-state index in [1.165, 1.54) is 0 Å². The first kappa shape index (κ1) is 10.5. The summed E-state index contributed by atoms with van der Waals surface area (Å²) in [5.74, 6) is 0.0626. The topological polar surface area (TPSA) is 57.5 Å². The van der Waals surface area contributed by atoms with Gasteiger partial charge in [-0.05, 0) is 37.5 Å². The van der Waals surface area contributed by atoms with Crippen molar-refractivity contribution in [2.24, 2.45) is 17.8 Å². The Hall–Kier alpha value is -0.570. The fourth-order valence-corrected chi connectivity index (χ4v) is 2.08. The molecule has 76 valence electrons. The molecular weight excluding hydrogens is 168 g/mol. The Morgan fingerprint density at radius 1 is 1.38 bits per heavy atom. The smallest absolute Gasteiger partial charge is 0.306 e. The van der Waals surface area contributed by atoms with Gasteiger partial charge >= 0.3 is 5.97 Å². The summed E-state index contributed by atoms with van der Waals surface area (Å²) < 4.78 is 0. The normalized spacial score (nSPS) is 31.2. The summed E-state index contributed by atoms with van der Waals surface area (Å²) in [6.45, 7) is 2.26. The Kier molecular flexibility index (Phi) is 3.72. The van der Waals surface area contributed by atoms with Gasteiger partial charge in [-0.3, -0.25) is 4.79 Å². The first-order valence-corrected chi connectivity index (χ1v) is 4.98. The molecule has 0 heterocycles. The standard InChI is InChI=1S/C10H18O3/c1-7(6-11)8-2-4-9(5-3-8)10(12)13/h7-9,11H,2-6H2,1H3,(H,12,13). The molecular formula is C10H18O3. The van der Waals surface area contributed by atoms with Crippen LogP contribution < -0.4 is 0 Å². The summed E-state index contributed by atoms with van der Waals surface area (Å²) in [4.78, 5) is 10.7. The molecule has 1 rings (SSSR count). The Morgan fingerprint density at radius 2 is 1.92 bits per heavy atom. The van der Waals surface area contributed by atoms with E-state index in [9.17, 15) is 4.79 Å². The second-order valence-corrected chi connectivity index (χ2v) is 4.11. The second-order valence-electron chi connectivity index (χ2n) is 4.11. The first-order chi connectivity index (χ1) is 6.15. The predicted octanol–water partition coefficient (Wildman–Crippen LogP) is 1.51. The van der Waals surface area contributed by atoms with Crippen molar-refractivity contribution in [1.82, 2.24) is 0 Å². The number of carboxylic acids is 1. The van der Waals surface area contributed by atoms with Crippen molar-refractivity contribution in [1.29, 1.82) is 0 Å². The van der Waals surface area contributed by atoms with Gasteiger partial charge in [-0.1, -0.05) is 6.92 Å². The zero-order chi connectivity index (χ0) is 9.84. The molecule has 1 aliphatic rings. The molecule has 0 amide bonds. The third-order valence-electron chi connectivity index (χ3n) is 3.21. The van der Waals surface area contributed by atoms with Gasteiger partial charge in [0, 0.05) is 6.61 Å². The average Bonchev–Trinajstić information content (AvgIpc) is 2.17. The highest BCUT2D eigenvalue weighted by Crippen LogP contribution is 2.33. The van der Waals surface area contributed by atoms with Crippen LogP contribution in [0.2, 0.25) is 0 Å². The summed E-state index contributed by atoms with van der Waals surface area (Å²) in [5.41, 5.74) is 0. The van der Waals surface area contributed by atoms with Crippen LogP contribution in [0.5, 0.6) is 0 Å². The molecule has 2 N–H and O–H groups in total. The summed E-state index contributed by atoms with van der Waals surface area (Å²) in [6.07, 6.45) is 3.48. The SMILES string of the molecule is CC(CO)C1CCC(C(=O)O)CC1. The van der Waals surface area contributed by atoms with E-state index >= 15 is 0 Å². The maximum Gasteiger partial charge on any atom is 0.306 e. The highest BCUT2D eigenvalue weighted by molar-refractivity contribution is 5.69. The highest BCUT2D eigenvalue weighted by atomic mass is 16.4. The Balaban J connectivity index is 2.34. The van der Waals surface area contributed by atoms with Gasteiger partial charge in [-0.25, -0.2) is 0 Å². The van der Waals surface area contributed by atoms with Crippen LogP contribution in [0.4, 0.5) is 0 Å². The maximum atomic E-state index is 10.7. The molecule has 0 radical (unpaired) electrons. The maximum absolute atomic E-state index is 10.7. The number of aliphatic carboxylic acids is 1. The minimum absolute atomic E-state index is 0.137. The molecule has 0 aliphatic heterocycles. The molecule has 3 nitrogen and oxygen atoms in total. The van der Waals surface area contributed by atoms with E-state index in [1.807, 2.05) is 6.92 Å². The van der Waals surface area contributed by atoms with E-state index in [2.05, 4.69) is 0 Å². The van der Waals surface area contributed by atoms with Crippen LogP contribution in [0, 0.1) is 17.8 Å². The molecule has 1 saturated carbocycles. The van der Waals surface area contributed by atoms with Crippen LogP contribution in [0.15, 0.2) is 0 Å². The molecule has 1 fully saturated rings. The molecule has 0 aromatic carbocycles. The second kappa shape index (κ2) is 4.61. The lowest BCUT2D eigenvalue weighted by Crippen LogP contribution is -2.25. The zero-order valence-corrected chi connectivity index (χ0v) is 8.07. The van der Waals surface area contributed by atoms with Crippen molar-refractivity contribution in [3.05, 3.63) is 0 Å². The first-order valence-electron chi connectivity index (χ1n) is 4.98. The Morgan fingerprint density at radius 3 is 2.31 bits per heavy atom. The predicted molar refractivity (Wildman–Crippen MR) is 49.3 cm³/mol. The fourth-order valence-electron chi connectivity index (χ4n) is 2.08. The number of hydrogen-bond donors (Lipinski definition) is 2. The summed E-state index contributed by atoms with van der Waals surface area (Å²) in [7, 11) is 0. The number of aliphatic hydroxyl groups is 1. The van der Waals surface area contributed by atoms with Crippen molar-refractivity contribution in [2.45, 2.75) is 32.6 Å². The van der Waals surface area contributed by atoms with Crippen molar-refractivity contribution in [3.63, 3.8) is 0 Å². The van der Waals surface area contributed by atoms with Gasteiger partial charge in [0.25, 0.3) is 0 Å². The molecule has 0 aromatic rings. The summed E-state index contributed by atoms with van der Waals surface area (Å²) in [6, 6.07) is 0. The van der Waals surface area contributed by atoms with Crippen LogP contribution >= 0.6 is 0 Å². The van der Waals surface area contributed by atoms with Crippen LogP contribution in [0.1, 0.15) is 32.6 Å². The summed E-state index contributed by atoms with van der Waals surface area (Å²) >= 11 is 0. The summed E-state index contributed by atoms with van der Waals surface area (Å²) in [5, 5.41) is 17.7. The lowest BCUT2D eigenvalue weighted by molar-refractivity contribution is -0.143. The van der Waals surface area contributed by atoms with Gasteiger partial charge in [-0.2, -0.15) is 0 Å². The van der Waals surface area contributed by atoms with Gasteiger partial charge in [0.05, 0.1) is 5.92 Å². The van der Waals surface area contributed by atoms with Gasteiger partial charge in [-0.15, -0.1) is 0 Å². The third kappa shape index (κ3) is 2.69. The fraction of sp³-hybridized carbons (Fsp3) is 0.900. The van der Waals surface area contributed by atoms with Crippen molar-refractivity contribution in [2.75, 3.05) is 6.61 Å². The molecule has 13 heavy (non-hydrogen) atoms. The van der Waals surface area contributed by atoms with E-state index in [1.54, 1.807) is 0 Å². The lowest BCUT2D eigenvalue weighted by atomic mass is 9.77. The Bertz CT molecular complexity index is 171. The third-order valence-corrected chi connectivity index (χ3v) is 3.21. The molecule has 0 aromatic heterocycles. The van der Waals surface area contributed by atoms with E-state index in [-0.39, 0.29) is 12.5 Å². The molecule has 1 unspecified atom stereocenters. The average molecular weight is 186 g/mol. The van der Waals surface area contributed by atoms with Crippen LogP contribution in [-0.4, -0.2) is 22.8 Å². The molecule has 1 aliphatic carbocycles. The van der Waals surface area contributed by atoms with Crippen LogP contribution in [-0.2, 0) is 4.79 Å². The monoisotopic (exact) mass is 186 g/mol. The number of carboxylic acid groups (broad SMARTS) is 1.